The largest absolute Gasteiger partial charge is 0.493 e. The molecule has 2 N–H and O–H groups in total. The molecule has 0 aliphatic rings. The molecule has 116 valence electrons. The molecule has 0 unspecified atom stereocenters. The van der Waals surface area contributed by atoms with Gasteiger partial charge in [0.25, 0.3) is 0 Å². The molecule has 0 saturated carbocycles. The van der Waals surface area contributed by atoms with E-state index in [1.54, 1.807) is 12.1 Å². The van der Waals surface area contributed by atoms with E-state index in [0.29, 0.717) is 13.2 Å². The molecule has 0 amide bonds. The van der Waals surface area contributed by atoms with Gasteiger partial charge in [0.2, 0.25) is 0 Å². The van der Waals surface area contributed by atoms with Gasteiger partial charge < -0.3 is 15.2 Å². The average Bonchev–Trinajstić information content (AvgIpc) is 2.51. The smallest absolute Gasteiger partial charge is 0.337 e. The molecule has 0 heterocycles. The highest BCUT2D eigenvalue weighted by atomic mass is 35.5. The number of hydrogen-bond acceptors (Lipinski definition) is 3. The van der Waals surface area contributed by atoms with Crippen LogP contribution in [0.25, 0.3) is 0 Å². The van der Waals surface area contributed by atoms with Crippen LogP contribution in [0.5, 0.6) is 5.75 Å². The Balaban J connectivity index is 2.07. The molecule has 0 aliphatic heterocycles. The molecule has 0 radical (unpaired) electrons. The van der Waals surface area contributed by atoms with Gasteiger partial charge in [-0.25, -0.2) is 4.79 Å². The lowest BCUT2D eigenvalue weighted by Gasteiger charge is -2.12. The van der Waals surface area contributed by atoms with Gasteiger partial charge in [-0.2, -0.15) is 0 Å². The first kappa shape index (κ1) is 16.2. The van der Waals surface area contributed by atoms with Gasteiger partial charge in [-0.05, 0) is 30.7 Å². The number of carboxylic acid groups (broad SMARTS) is 1. The van der Waals surface area contributed by atoms with Crippen LogP contribution in [0.3, 0.4) is 0 Å². The Morgan fingerprint density at radius 1 is 1.27 bits per heavy atom. The van der Waals surface area contributed by atoms with Crippen LogP contribution in [-0.2, 0) is 6.54 Å². The second-order valence-corrected chi connectivity index (χ2v) is 5.22. The Morgan fingerprint density at radius 2 is 2.05 bits per heavy atom. The second kappa shape index (κ2) is 7.71. The molecular formula is C17H18ClNO3. The van der Waals surface area contributed by atoms with E-state index < -0.39 is 5.97 Å². The third-order valence-corrected chi connectivity index (χ3v) is 3.43. The van der Waals surface area contributed by atoms with Crippen molar-refractivity contribution in [1.82, 2.24) is 0 Å². The van der Waals surface area contributed by atoms with E-state index in [-0.39, 0.29) is 10.6 Å². The zero-order valence-corrected chi connectivity index (χ0v) is 13.1. The minimum Gasteiger partial charge on any atom is -0.493 e. The second-order valence-electron chi connectivity index (χ2n) is 4.81. The fourth-order valence-electron chi connectivity index (χ4n) is 2.00. The van der Waals surface area contributed by atoms with Crippen molar-refractivity contribution in [1.29, 1.82) is 0 Å². The molecule has 0 fully saturated rings. The van der Waals surface area contributed by atoms with Crippen molar-refractivity contribution in [3.8, 4) is 5.75 Å². The Morgan fingerprint density at radius 3 is 2.73 bits per heavy atom. The van der Waals surface area contributed by atoms with Crippen LogP contribution in [0.4, 0.5) is 5.69 Å². The number of ether oxygens (including phenoxy) is 1. The van der Waals surface area contributed by atoms with Crippen LogP contribution in [0.2, 0.25) is 5.02 Å². The maximum absolute atomic E-state index is 10.9. The number of hydrogen-bond donors (Lipinski definition) is 2. The normalized spacial score (nSPS) is 10.3. The summed E-state index contributed by atoms with van der Waals surface area (Å²) in [7, 11) is 0. The highest BCUT2D eigenvalue weighted by molar-refractivity contribution is 6.33. The first-order valence-corrected chi connectivity index (χ1v) is 7.47. The van der Waals surface area contributed by atoms with Crippen LogP contribution in [0.15, 0.2) is 42.5 Å². The van der Waals surface area contributed by atoms with Gasteiger partial charge in [0.05, 0.1) is 17.2 Å². The first-order chi connectivity index (χ1) is 10.6. The summed E-state index contributed by atoms with van der Waals surface area (Å²) < 4.78 is 5.71. The SMILES string of the molecule is CCCOc1ccccc1CNc1ccc(C(=O)O)c(Cl)c1. The predicted molar refractivity (Wildman–Crippen MR) is 88.0 cm³/mol. The monoisotopic (exact) mass is 319 g/mol. The molecular weight excluding hydrogens is 302 g/mol. The zero-order chi connectivity index (χ0) is 15.9. The van der Waals surface area contributed by atoms with E-state index in [0.717, 1.165) is 23.4 Å². The fraction of sp³-hybridized carbons (Fsp3) is 0.235. The fourth-order valence-corrected chi connectivity index (χ4v) is 2.26. The highest BCUT2D eigenvalue weighted by Gasteiger charge is 2.09. The van der Waals surface area contributed by atoms with Crippen molar-refractivity contribution in [3.63, 3.8) is 0 Å². The third-order valence-electron chi connectivity index (χ3n) is 3.12. The summed E-state index contributed by atoms with van der Waals surface area (Å²) in [6.45, 7) is 3.31. The van der Waals surface area contributed by atoms with E-state index in [2.05, 4.69) is 12.2 Å². The van der Waals surface area contributed by atoms with Crippen molar-refractivity contribution < 1.29 is 14.6 Å². The summed E-state index contributed by atoms with van der Waals surface area (Å²) in [6, 6.07) is 12.6. The standard InChI is InChI=1S/C17H18ClNO3/c1-2-9-22-16-6-4-3-5-12(16)11-19-13-7-8-14(17(20)21)15(18)10-13/h3-8,10,19H,2,9,11H2,1H3,(H,20,21). The van der Waals surface area contributed by atoms with Gasteiger partial charge in [-0.1, -0.05) is 36.7 Å². The van der Waals surface area contributed by atoms with Gasteiger partial charge in [0.15, 0.2) is 0 Å². The zero-order valence-electron chi connectivity index (χ0n) is 12.3. The number of anilines is 1. The number of rotatable bonds is 7. The van der Waals surface area contributed by atoms with Crippen LogP contribution in [0.1, 0.15) is 29.3 Å². The Bertz CT molecular complexity index is 658. The maximum atomic E-state index is 10.9. The molecule has 0 atom stereocenters. The lowest BCUT2D eigenvalue weighted by Crippen LogP contribution is -2.04. The summed E-state index contributed by atoms with van der Waals surface area (Å²) in [6.07, 6.45) is 0.952. The van der Waals surface area contributed by atoms with Gasteiger partial charge in [0.1, 0.15) is 5.75 Å². The minimum atomic E-state index is -1.03. The molecule has 2 aromatic rings. The Kier molecular flexibility index (Phi) is 5.67. The quantitative estimate of drug-likeness (QED) is 0.792. The van der Waals surface area contributed by atoms with Crippen LogP contribution in [-0.4, -0.2) is 17.7 Å². The average molecular weight is 320 g/mol. The topological polar surface area (TPSA) is 58.6 Å². The molecule has 22 heavy (non-hydrogen) atoms. The number of para-hydroxylation sites is 1. The third kappa shape index (κ3) is 4.15. The molecule has 0 spiro atoms. The number of halogens is 1. The van der Waals surface area contributed by atoms with Crippen molar-refractivity contribution in [2.24, 2.45) is 0 Å². The summed E-state index contributed by atoms with van der Waals surface area (Å²) in [5, 5.41) is 12.4. The lowest BCUT2D eigenvalue weighted by atomic mass is 10.1. The van der Waals surface area contributed by atoms with Crippen molar-refractivity contribution >= 4 is 23.3 Å². The molecule has 0 saturated heterocycles. The van der Waals surface area contributed by atoms with Crippen molar-refractivity contribution in [2.75, 3.05) is 11.9 Å². The van der Waals surface area contributed by atoms with E-state index in [1.165, 1.54) is 6.07 Å². The summed E-state index contributed by atoms with van der Waals surface area (Å²) in [4.78, 5) is 10.9. The van der Waals surface area contributed by atoms with E-state index in [4.69, 9.17) is 21.4 Å². The van der Waals surface area contributed by atoms with Gasteiger partial charge in [-0.15, -0.1) is 0 Å². The maximum Gasteiger partial charge on any atom is 0.337 e. The molecule has 0 bridgehead atoms. The van der Waals surface area contributed by atoms with Crippen LogP contribution >= 0.6 is 11.6 Å². The number of nitrogens with one attached hydrogen (secondary N) is 1. The summed E-state index contributed by atoms with van der Waals surface area (Å²) >= 11 is 5.96. The van der Waals surface area contributed by atoms with E-state index >= 15 is 0 Å². The van der Waals surface area contributed by atoms with Gasteiger partial charge in [0, 0.05) is 17.8 Å². The highest BCUT2D eigenvalue weighted by Crippen LogP contribution is 2.23. The number of carboxylic acids is 1. The van der Waals surface area contributed by atoms with Gasteiger partial charge in [-0.3, -0.25) is 0 Å². The molecule has 4 nitrogen and oxygen atoms in total. The predicted octanol–water partition coefficient (Wildman–Crippen LogP) is 4.44. The number of benzene rings is 2. The number of aromatic carboxylic acids is 1. The molecule has 2 aromatic carbocycles. The van der Waals surface area contributed by atoms with Gasteiger partial charge >= 0.3 is 5.97 Å². The Hall–Kier alpha value is -2.20. The van der Waals surface area contributed by atoms with E-state index in [9.17, 15) is 4.79 Å². The van der Waals surface area contributed by atoms with Crippen LogP contribution < -0.4 is 10.1 Å². The van der Waals surface area contributed by atoms with E-state index in [1.807, 2.05) is 24.3 Å². The summed E-state index contributed by atoms with van der Waals surface area (Å²) in [5.74, 6) is -0.181. The van der Waals surface area contributed by atoms with Crippen LogP contribution in [0, 0.1) is 0 Å². The number of carbonyl (C=O) groups is 1. The molecule has 2 rings (SSSR count). The molecule has 5 heteroatoms. The minimum absolute atomic E-state index is 0.0962. The molecule has 0 aromatic heterocycles. The first-order valence-electron chi connectivity index (χ1n) is 7.09. The molecule has 0 aliphatic carbocycles. The lowest BCUT2D eigenvalue weighted by molar-refractivity contribution is 0.0697. The Labute approximate surface area is 134 Å². The van der Waals surface area contributed by atoms with Crippen molar-refractivity contribution in [2.45, 2.75) is 19.9 Å². The summed E-state index contributed by atoms with van der Waals surface area (Å²) in [5.41, 5.74) is 1.90. The van der Waals surface area contributed by atoms with Crippen molar-refractivity contribution in [3.05, 3.63) is 58.6 Å².